The van der Waals surface area contributed by atoms with E-state index < -0.39 is 0 Å². The van der Waals surface area contributed by atoms with E-state index in [1.165, 1.54) is 18.9 Å². The maximum atomic E-state index is 10.6. The summed E-state index contributed by atoms with van der Waals surface area (Å²) in [4.78, 5) is 30.3. The molecule has 0 saturated carbocycles. The lowest BCUT2D eigenvalue weighted by Crippen LogP contribution is -2.18. The number of rotatable bonds is 15. The van der Waals surface area contributed by atoms with Crippen LogP contribution in [-0.2, 0) is 35.0 Å². The lowest BCUT2D eigenvalue weighted by atomic mass is 10.2. The number of Topliss-reactive ketones (excluding diaryl/α,β-unsaturated/α-hetero) is 2. The number of ketones is 2. The second-order valence-electron chi connectivity index (χ2n) is 10.5. The maximum absolute atomic E-state index is 10.6. The summed E-state index contributed by atoms with van der Waals surface area (Å²) in [6.45, 7) is 37.8. The van der Waals surface area contributed by atoms with Crippen LogP contribution in [0.2, 0.25) is 0 Å². The number of aliphatic hydroxyl groups excluding tert-OH is 1. The van der Waals surface area contributed by atoms with E-state index in [-0.39, 0.29) is 29.7 Å². The number of aryl methyl sites for hydroxylation is 1. The van der Waals surface area contributed by atoms with E-state index in [2.05, 4.69) is 63.3 Å². The highest BCUT2D eigenvalue weighted by Gasteiger charge is 2.04. The SMILES string of the molecule is C=CCOC(CC)COCC.CC.CC.CC(=O)c1ccccc1.CCC.CCC(C)=O.CCOC(C)=O.CCOCC(O)CC.CCc1ccccc1. The van der Waals surface area contributed by atoms with Gasteiger partial charge in [0.15, 0.2) is 5.78 Å². The van der Waals surface area contributed by atoms with Crippen LogP contribution in [0.3, 0.4) is 0 Å². The van der Waals surface area contributed by atoms with Crippen LogP contribution in [0, 0.1) is 0 Å². The van der Waals surface area contributed by atoms with Gasteiger partial charge in [0, 0.05) is 32.1 Å². The van der Waals surface area contributed by atoms with Gasteiger partial charge in [-0.25, -0.2) is 0 Å². The van der Waals surface area contributed by atoms with Crippen molar-refractivity contribution >= 4 is 17.5 Å². The van der Waals surface area contributed by atoms with E-state index in [0.717, 1.165) is 31.4 Å². The fraction of sp³-hybridized carbons (Fsp3) is 0.630. The number of carbonyl (C=O) groups is 3. The van der Waals surface area contributed by atoms with Crippen molar-refractivity contribution in [2.24, 2.45) is 0 Å². The first-order valence-corrected chi connectivity index (χ1v) is 20.1. The third kappa shape index (κ3) is 70.4. The van der Waals surface area contributed by atoms with Crippen LogP contribution in [0.1, 0.15) is 152 Å². The van der Waals surface area contributed by atoms with E-state index in [1.807, 2.05) is 91.8 Å². The first-order valence-electron chi connectivity index (χ1n) is 20.1. The predicted molar refractivity (Wildman–Crippen MR) is 234 cm³/mol. The van der Waals surface area contributed by atoms with Crippen molar-refractivity contribution in [3.63, 3.8) is 0 Å². The van der Waals surface area contributed by atoms with Crippen molar-refractivity contribution in [3.8, 4) is 0 Å². The molecule has 2 aromatic carbocycles. The Hall–Kier alpha value is -3.17. The number of hydrogen-bond acceptors (Lipinski definition) is 8. The summed E-state index contributed by atoms with van der Waals surface area (Å²) in [6, 6.07) is 19.7. The number of hydrogen-bond donors (Lipinski definition) is 1. The molecule has 0 aliphatic heterocycles. The molecule has 0 spiro atoms. The Morgan fingerprint density at radius 3 is 1.35 bits per heavy atom. The third-order valence-electron chi connectivity index (χ3n) is 5.68. The molecular formula is C46H86O8. The van der Waals surface area contributed by atoms with Gasteiger partial charge >= 0.3 is 5.97 Å². The van der Waals surface area contributed by atoms with Gasteiger partial charge in [0.1, 0.15) is 5.78 Å². The van der Waals surface area contributed by atoms with Gasteiger partial charge in [-0.05, 0) is 59.4 Å². The average Bonchev–Trinajstić information content (AvgIpc) is 3.20. The summed E-state index contributed by atoms with van der Waals surface area (Å²) >= 11 is 0. The molecule has 8 heteroatoms. The molecule has 0 saturated heterocycles. The van der Waals surface area contributed by atoms with Crippen molar-refractivity contribution in [2.45, 2.75) is 155 Å². The number of esters is 1. The monoisotopic (exact) mass is 767 g/mol. The summed E-state index contributed by atoms with van der Waals surface area (Å²) in [5.41, 5.74) is 2.19. The maximum Gasteiger partial charge on any atom is 0.302 e. The molecule has 0 aromatic heterocycles. The standard InChI is InChI=1S/C9H18O2.C8H8O.C8H10.C6H14O2.C4H8O2.C4H8O.C3H8.2C2H6/c1-4-7-11-9(5-2)8-10-6-3;1-7(9)8-5-3-2-4-6-8;1-2-8-6-4-3-5-7-8;1-3-6(7)5-8-4-2;1-3-6-4(2)5;1-3-4(2)5;1-3-2;2*1-2/h4,9H,1,5-8H2,2-3H3;2-6H,1H3;3-7H,2H2,1H3;6-7H,3-5H2,1-2H3;3H2,1-2H3;3H2,1-2H3;3H2,1-2H3;2*1-2H3. The van der Waals surface area contributed by atoms with Gasteiger partial charge in [-0.15, -0.1) is 6.58 Å². The Morgan fingerprint density at radius 2 is 1.11 bits per heavy atom. The molecule has 0 aliphatic carbocycles. The van der Waals surface area contributed by atoms with Crippen molar-refractivity contribution in [1.82, 2.24) is 0 Å². The second kappa shape index (κ2) is 61.8. The molecule has 2 atom stereocenters. The van der Waals surface area contributed by atoms with E-state index >= 15 is 0 Å². The van der Waals surface area contributed by atoms with E-state index in [0.29, 0.717) is 39.5 Å². The highest BCUT2D eigenvalue weighted by atomic mass is 16.5. The first-order chi connectivity index (χ1) is 25.8. The Labute approximate surface area is 334 Å². The lowest BCUT2D eigenvalue weighted by molar-refractivity contribution is -0.140. The molecule has 2 unspecified atom stereocenters. The molecule has 0 radical (unpaired) electrons. The van der Waals surface area contributed by atoms with Gasteiger partial charge in [0.05, 0.1) is 38.6 Å². The quantitative estimate of drug-likeness (QED) is 0.108. The van der Waals surface area contributed by atoms with E-state index in [9.17, 15) is 14.4 Å². The third-order valence-corrected chi connectivity index (χ3v) is 5.68. The first kappa shape index (κ1) is 65.7. The predicted octanol–water partition coefficient (Wildman–Crippen LogP) is 12.0. The summed E-state index contributed by atoms with van der Waals surface area (Å²) in [5.74, 6) is 0.165. The van der Waals surface area contributed by atoms with Crippen molar-refractivity contribution < 1.29 is 38.4 Å². The van der Waals surface area contributed by atoms with Gasteiger partial charge in [-0.2, -0.15) is 0 Å². The van der Waals surface area contributed by atoms with Crippen LogP contribution >= 0.6 is 0 Å². The Kier molecular flexibility index (Phi) is 75.2. The molecule has 0 amide bonds. The summed E-state index contributed by atoms with van der Waals surface area (Å²) < 4.78 is 20.0. The van der Waals surface area contributed by atoms with Crippen LogP contribution in [0.15, 0.2) is 73.3 Å². The molecule has 2 rings (SSSR count). The Balaban J connectivity index is -0.0000000961. The Bertz CT molecular complexity index is 965. The van der Waals surface area contributed by atoms with Crippen LogP contribution in [0.25, 0.3) is 0 Å². The molecular weight excluding hydrogens is 680 g/mol. The highest BCUT2D eigenvalue weighted by molar-refractivity contribution is 5.93. The average molecular weight is 767 g/mol. The molecule has 54 heavy (non-hydrogen) atoms. The summed E-state index contributed by atoms with van der Waals surface area (Å²) in [7, 11) is 0. The normalized spacial score (nSPS) is 9.65. The topological polar surface area (TPSA) is 108 Å². The van der Waals surface area contributed by atoms with Crippen molar-refractivity contribution in [3.05, 3.63) is 84.4 Å². The smallest absolute Gasteiger partial charge is 0.302 e. The molecule has 0 fully saturated rings. The van der Waals surface area contributed by atoms with Gasteiger partial charge in [-0.3, -0.25) is 9.59 Å². The van der Waals surface area contributed by atoms with Crippen LogP contribution in [0.5, 0.6) is 0 Å². The molecule has 1 N–H and O–H groups in total. The van der Waals surface area contributed by atoms with Crippen LogP contribution < -0.4 is 0 Å². The summed E-state index contributed by atoms with van der Waals surface area (Å²) in [6.07, 6.45) is 6.55. The van der Waals surface area contributed by atoms with E-state index in [4.69, 9.17) is 19.3 Å². The Morgan fingerprint density at radius 1 is 0.685 bits per heavy atom. The van der Waals surface area contributed by atoms with Gasteiger partial charge in [0.2, 0.25) is 0 Å². The van der Waals surface area contributed by atoms with Gasteiger partial charge in [0.25, 0.3) is 0 Å². The molecule has 8 nitrogen and oxygen atoms in total. The fourth-order valence-electron chi connectivity index (χ4n) is 2.70. The lowest BCUT2D eigenvalue weighted by Gasteiger charge is -2.13. The minimum atomic E-state index is -0.269. The van der Waals surface area contributed by atoms with Gasteiger partial charge in [-0.1, -0.05) is 142 Å². The fourth-order valence-corrected chi connectivity index (χ4v) is 2.70. The number of carbonyl (C=O) groups excluding carboxylic acids is 3. The minimum Gasteiger partial charge on any atom is -0.466 e. The second-order valence-corrected chi connectivity index (χ2v) is 10.5. The zero-order valence-electron chi connectivity index (χ0n) is 37.8. The summed E-state index contributed by atoms with van der Waals surface area (Å²) in [5, 5.41) is 8.86. The zero-order valence-corrected chi connectivity index (χ0v) is 37.8. The number of benzene rings is 2. The van der Waals surface area contributed by atoms with Crippen LogP contribution in [0.4, 0.5) is 0 Å². The molecule has 0 heterocycles. The largest absolute Gasteiger partial charge is 0.466 e. The number of aliphatic hydroxyl groups is 1. The van der Waals surface area contributed by atoms with Gasteiger partial charge < -0.3 is 28.8 Å². The zero-order chi connectivity index (χ0) is 43.4. The molecule has 0 aliphatic rings. The van der Waals surface area contributed by atoms with E-state index in [1.54, 1.807) is 26.8 Å². The minimum absolute atomic E-state index is 0.121. The van der Waals surface area contributed by atoms with Crippen molar-refractivity contribution in [1.29, 1.82) is 0 Å². The highest BCUT2D eigenvalue weighted by Crippen LogP contribution is 1.99. The number of ether oxygens (including phenoxy) is 4. The molecule has 2 aromatic rings. The molecule has 0 bridgehead atoms. The van der Waals surface area contributed by atoms with Crippen molar-refractivity contribution in [2.75, 3.05) is 39.6 Å². The molecule has 318 valence electrons. The van der Waals surface area contributed by atoms with Crippen LogP contribution in [-0.4, -0.2) is 74.5 Å².